The summed E-state index contributed by atoms with van der Waals surface area (Å²) in [5, 5.41) is 9.42. The first-order valence-corrected chi connectivity index (χ1v) is 9.52. The summed E-state index contributed by atoms with van der Waals surface area (Å²) in [7, 11) is 1.18. The van der Waals surface area contributed by atoms with Crippen molar-refractivity contribution in [2.75, 3.05) is 30.4 Å². The lowest BCUT2D eigenvalue weighted by Crippen LogP contribution is -2.59. The first-order valence-electron chi connectivity index (χ1n) is 9.52. The molecule has 0 saturated carbocycles. The van der Waals surface area contributed by atoms with Gasteiger partial charge in [-0.15, -0.1) is 0 Å². The zero-order valence-corrected chi connectivity index (χ0v) is 16.7. The fraction of sp³-hybridized carbons (Fsp3) is 0.368. The number of piperidine rings is 1. The number of pyridine rings is 2. The summed E-state index contributed by atoms with van der Waals surface area (Å²) in [6.07, 6.45) is -0.0692. The molecule has 4 heterocycles. The molecule has 2 amide bonds. The molecule has 32 heavy (non-hydrogen) atoms. The van der Waals surface area contributed by atoms with Gasteiger partial charge in [-0.1, -0.05) is 0 Å². The number of halogens is 5. The number of anilines is 2. The fourth-order valence-corrected chi connectivity index (χ4v) is 3.64. The minimum atomic E-state index is -4.65. The van der Waals surface area contributed by atoms with E-state index in [1.807, 2.05) is 0 Å². The molecule has 0 aliphatic carbocycles. The Balaban J connectivity index is 1.45. The minimum Gasteiger partial charge on any atom is -0.364 e. The standard InChI is InChI=1S/C19H18F5N7O/c1-30(17(32)28-13-5-12(7-25-8-13)19(22,23)24)15-2-3-31(10-18(15,20)21)14-4-11-6-27-29-16(11)26-9-14/h4-9,15H,2-3,10H2,1H3,(H,28,32)(H,26,27,29)/t15-/m1/s1. The molecule has 0 unspecified atom stereocenters. The van der Waals surface area contributed by atoms with Crippen molar-refractivity contribution in [2.45, 2.75) is 24.6 Å². The maximum absolute atomic E-state index is 15.0. The number of amides is 2. The Kier molecular flexibility index (Phi) is 5.34. The van der Waals surface area contributed by atoms with Gasteiger partial charge in [0, 0.05) is 25.2 Å². The van der Waals surface area contributed by atoms with Gasteiger partial charge in [0.05, 0.1) is 42.1 Å². The first kappa shape index (κ1) is 21.7. The topological polar surface area (TPSA) is 90.0 Å². The number of carbonyl (C=O) groups excluding carboxylic acids is 1. The Morgan fingerprint density at radius 1 is 1.25 bits per heavy atom. The summed E-state index contributed by atoms with van der Waals surface area (Å²) in [5.41, 5.74) is -0.258. The van der Waals surface area contributed by atoms with Crippen LogP contribution in [0.25, 0.3) is 11.0 Å². The molecule has 1 saturated heterocycles. The van der Waals surface area contributed by atoms with Crippen LogP contribution in [0.15, 0.2) is 36.9 Å². The summed E-state index contributed by atoms with van der Waals surface area (Å²) >= 11 is 0. The van der Waals surface area contributed by atoms with Crippen LogP contribution in [0.1, 0.15) is 12.0 Å². The van der Waals surface area contributed by atoms with Crippen molar-refractivity contribution in [3.05, 3.63) is 42.5 Å². The van der Waals surface area contributed by atoms with Crippen LogP contribution < -0.4 is 10.2 Å². The van der Waals surface area contributed by atoms with E-state index < -0.39 is 36.3 Å². The highest BCUT2D eigenvalue weighted by Gasteiger charge is 2.48. The van der Waals surface area contributed by atoms with Crippen LogP contribution in [0, 0.1) is 0 Å². The van der Waals surface area contributed by atoms with Gasteiger partial charge < -0.3 is 15.1 Å². The lowest BCUT2D eigenvalue weighted by atomic mass is 9.99. The molecule has 8 nitrogen and oxygen atoms in total. The predicted molar refractivity (Wildman–Crippen MR) is 105 cm³/mol. The van der Waals surface area contributed by atoms with Crippen LogP contribution in [0.4, 0.5) is 38.1 Å². The lowest BCUT2D eigenvalue weighted by Gasteiger charge is -2.42. The Morgan fingerprint density at radius 2 is 2.03 bits per heavy atom. The highest BCUT2D eigenvalue weighted by Crippen LogP contribution is 2.34. The molecule has 1 aliphatic rings. The van der Waals surface area contributed by atoms with E-state index in [1.54, 1.807) is 6.07 Å². The second kappa shape index (κ2) is 7.88. The summed E-state index contributed by atoms with van der Waals surface area (Å²) in [6, 6.07) is -0.00787. The predicted octanol–water partition coefficient (Wildman–Crippen LogP) is 3.75. The van der Waals surface area contributed by atoms with Gasteiger partial charge in [-0.05, 0) is 18.6 Å². The monoisotopic (exact) mass is 455 g/mol. The smallest absolute Gasteiger partial charge is 0.364 e. The maximum Gasteiger partial charge on any atom is 0.417 e. The van der Waals surface area contributed by atoms with Gasteiger partial charge in [-0.25, -0.2) is 18.6 Å². The Hall–Kier alpha value is -3.51. The van der Waals surface area contributed by atoms with E-state index >= 15 is 0 Å². The zero-order chi connectivity index (χ0) is 23.1. The van der Waals surface area contributed by atoms with Gasteiger partial charge in [0.25, 0.3) is 5.92 Å². The van der Waals surface area contributed by atoms with E-state index in [0.29, 0.717) is 29.0 Å². The highest BCUT2D eigenvalue weighted by atomic mass is 19.4. The number of hydrogen-bond donors (Lipinski definition) is 2. The molecule has 170 valence electrons. The van der Waals surface area contributed by atoms with Gasteiger partial charge in [0.1, 0.15) is 6.04 Å². The van der Waals surface area contributed by atoms with E-state index in [4.69, 9.17) is 0 Å². The summed E-state index contributed by atoms with van der Waals surface area (Å²) in [6.45, 7) is -0.417. The van der Waals surface area contributed by atoms with Crippen molar-refractivity contribution in [1.82, 2.24) is 25.1 Å². The van der Waals surface area contributed by atoms with E-state index in [2.05, 4.69) is 25.5 Å². The van der Waals surface area contributed by atoms with Crippen LogP contribution in [0.3, 0.4) is 0 Å². The van der Waals surface area contributed by atoms with Crippen molar-refractivity contribution in [2.24, 2.45) is 0 Å². The number of aromatic nitrogens is 4. The highest BCUT2D eigenvalue weighted by molar-refractivity contribution is 5.89. The molecule has 2 N–H and O–H groups in total. The molecular weight excluding hydrogens is 437 g/mol. The summed E-state index contributed by atoms with van der Waals surface area (Å²) in [4.78, 5) is 22.4. The molecule has 0 radical (unpaired) electrons. The molecule has 3 aromatic heterocycles. The normalized spacial score (nSPS) is 18.6. The number of urea groups is 1. The third kappa shape index (κ3) is 4.27. The van der Waals surface area contributed by atoms with Crippen LogP contribution in [0.5, 0.6) is 0 Å². The number of H-pyrrole nitrogens is 1. The van der Waals surface area contributed by atoms with Gasteiger partial charge in [-0.2, -0.15) is 18.3 Å². The SMILES string of the molecule is CN(C(=O)Nc1cncc(C(F)(F)F)c1)[C@@H]1CCN(c2cnc3[nH]ncc3c2)CC1(F)F. The number of carbonyl (C=O) groups is 1. The Labute approximate surface area is 178 Å². The maximum atomic E-state index is 15.0. The quantitative estimate of drug-likeness (QED) is 0.588. The molecule has 4 rings (SSSR count). The molecule has 0 bridgehead atoms. The molecule has 1 aliphatic heterocycles. The number of alkyl halides is 5. The van der Waals surface area contributed by atoms with Crippen LogP contribution >= 0.6 is 0 Å². The number of hydrogen-bond acceptors (Lipinski definition) is 5. The van der Waals surface area contributed by atoms with Gasteiger partial charge in [0.2, 0.25) is 0 Å². The van der Waals surface area contributed by atoms with Gasteiger partial charge in [-0.3, -0.25) is 10.1 Å². The summed E-state index contributed by atoms with van der Waals surface area (Å²) in [5.74, 6) is -3.28. The number of rotatable bonds is 3. The Bertz CT molecular complexity index is 1130. The Morgan fingerprint density at radius 3 is 2.75 bits per heavy atom. The summed E-state index contributed by atoms with van der Waals surface area (Å²) < 4.78 is 68.4. The van der Waals surface area contributed by atoms with Crippen molar-refractivity contribution < 1.29 is 26.7 Å². The van der Waals surface area contributed by atoms with Crippen molar-refractivity contribution in [1.29, 1.82) is 0 Å². The largest absolute Gasteiger partial charge is 0.417 e. The average Bonchev–Trinajstić information content (AvgIpc) is 3.20. The van der Waals surface area contributed by atoms with Crippen molar-refractivity contribution in [3.8, 4) is 0 Å². The lowest BCUT2D eigenvalue weighted by molar-refractivity contribution is -0.137. The third-order valence-electron chi connectivity index (χ3n) is 5.31. The van der Waals surface area contributed by atoms with Crippen LogP contribution in [0.2, 0.25) is 0 Å². The minimum absolute atomic E-state index is 0.0544. The van der Waals surface area contributed by atoms with Crippen LogP contribution in [-0.2, 0) is 6.18 Å². The molecule has 0 spiro atoms. The van der Waals surface area contributed by atoms with Crippen LogP contribution in [-0.4, -0.2) is 63.2 Å². The second-order valence-corrected chi connectivity index (χ2v) is 7.49. The molecule has 1 fully saturated rings. The number of aromatic amines is 1. The van der Waals surface area contributed by atoms with E-state index in [9.17, 15) is 26.7 Å². The fourth-order valence-electron chi connectivity index (χ4n) is 3.64. The molecule has 3 aromatic rings. The second-order valence-electron chi connectivity index (χ2n) is 7.49. The van der Waals surface area contributed by atoms with E-state index in [0.717, 1.165) is 11.1 Å². The zero-order valence-electron chi connectivity index (χ0n) is 16.7. The molecule has 13 heteroatoms. The van der Waals surface area contributed by atoms with E-state index in [1.165, 1.54) is 24.3 Å². The first-order chi connectivity index (χ1) is 15.0. The number of fused-ring (bicyclic) bond motifs is 1. The van der Waals surface area contributed by atoms with Crippen molar-refractivity contribution in [3.63, 3.8) is 0 Å². The average molecular weight is 455 g/mol. The molecule has 0 aromatic carbocycles. The third-order valence-corrected chi connectivity index (χ3v) is 5.31. The number of nitrogens with one attached hydrogen (secondary N) is 2. The molecule has 1 atom stereocenters. The van der Waals surface area contributed by atoms with Gasteiger partial charge in [0.15, 0.2) is 5.65 Å². The molecular formula is C19H18F5N7O. The van der Waals surface area contributed by atoms with E-state index in [-0.39, 0.29) is 18.7 Å². The van der Waals surface area contributed by atoms with Crippen molar-refractivity contribution >= 4 is 28.4 Å². The number of nitrogens with zero attached hydrogens (tertiary/aromatic N) is 5. The van der Waals surface area contributed by atoms with Gasteiger partial charge >= 0.3 is 12.2 Å².